The van der Waals surface area contributed by atoms with Crippen molar-refractivity contribution in [1.29, 1.82) is 0 Å². The van der Waals surface area contributed by atoms with Gasteiger partial charge in [-0.25, -0.2) is 0 Å². The Morgan fingerprint density at radius 3 is 2.91 bits per heavy atom. The molecule has 1 aromatic rings. The van der Waals surface area contributed by atoms with Gasteiger partial charge in [0.15, 0.2) is 0 Å². The second-order valence-electron chi connectivity index (χ2n) is 6.87. The quantitative estimate of drug-likeness (QED) is 0.877. The van der Waals surface area contributed by atoms with Gasteiger partial charge in [-0.15, -0.1) is 0 Å². The van der Waals surface area contributed by atoms with Crippen LogP contribution in [0.5, 0.6) is 0 Å². The molecule has 122 valence electrons. The van der Waals surface area contributed by atoms with Crippen molar-refractivity contribution in [3.8, 4) is 0 Å². The fraction of sp³-hybridized carbons (Fsp3) is 0.611. The summed E-state index contributed by atoms with van der Waals surface area (Å²) in [5.74, 6) is 0.816. The van der Waals surface area contributed by atoms with Crippen LogP contribution in [0.4, 0.5) is 0 Å². The molecule has 1 fully saturated rings. The van der Waals surface area contributed by atoms with Crippen molar-refractivity contribution in [2.24, 2.45) is 11.8 Å². The SMILES string of the molecule is CC(C)CNC(=O)c1cccc(CN2CCC(C)C(O)C2)c1. The van der Waals surface area contributed by atoms with Crippen LogP contribution in [0.3, 0.4) is 0 Å². The van der Waals surface area contributed by atoms with Crippen LogP contribution in [0.25, 0.3) is 0 Å². The number of nitrogens with one attached hydrogen (secondary N) is 1. The highest BCUT2D eigenvalue weighted by molar-refractivity contribution is 5.94. The maximum Gasteiger partial charge on any atom is 0.251 e. The van der Waals surface area contributed by atoms with E-state index in [4.69, 9.17) is 0 Å². The zero-order chi connectivity index (χ0) is 16.1. The predicted molar refractivity (Wildman–Crippen MR) is 88.7 cm³/mol. The van der Waals surface area contributed by atoms with Gasteiger partial charge in [-0.05, 0) is 42.5 Å². The minimum Gasteiger partial charge on any atom is -0.392 e. The second-order valence-corrected chi connectivity index (χ2v) is 6.87. The van der Waals surface area contributed by atoms with Gasteiger partial charge in [0, 0.05) is 25.2 Å². The minimum atomic E-state index is -0.244. The number of nitrogens with zero attached hydrogens (tertiary/aromatic N) is 1. The smallest absolute Gasteiger partial charge is 0.251 e. The lowest BCUT2D eigenvalue weighted by Crippen LogP contribution is -2.42. The molecule has 2 unspecified atom stereocenters. The van der Waals surface area contributed by atoms with Crippen molar-refractivity contribution in [3.05, 3.63) is 35.4 Å². The van der Waals surface area contributed by atoms with E-state index in [0.717, 1.165) is 25.1 Å². The number of carbonyl (C=O) groups excluding carboxylic acids is 1. The standard InChI is InChI=1S/C18H28N2O2/c1-13(2)10-19-18(22)16-6-4-5-15(9-16)11-20-8-7-14(3)17(21)12-20/h4-6,9,13-14,17,21H,7-8,10-12H2,1-3H3,(H,19,22). The molecular formula is C18H28N2O2. The molecule has 22 heavy (non-hydrogen) atoms. The molecule has 4 nitrogen and oxygen atoms in total. The molecule has 1 aromatic carbocycles. The monoisotopic (exact) mass is 304 g/mol. The molecule has 1 aliphatic heterocycles. The third-order valence-electron chi connectivity index (χ3n) is 4.27. The van der Waals surface area contributed by atoms with Crippen LogP contribution in [0.15, 0.2) is 24.3 Å². The molecule has 2 rings (SSSR count). The summed E-state index contributed by atoms with van der Waals surface area (Å²) in [4.78, 5) is 14.4. The van der Waals surface area contributed by atoms with Crippen molar-refractivity contribution in [2.45, 2.75) is 39.8 Å². The number of hydrogen-bond donors (Lipinski definition) is 2. The first-order chi connectivity index (χ1) is 10.5. The summed E-state index contributed by atoms with van der Waals surface area (Å²) in [6, 6.07) is 7.79. The first-order valence-electron chi connectivity index (χ1n) is 8.23. The normalized spacial score (nSPS) is 22.8. The molecule has 0 aliphatic carbocycles. The Morgan fingerprint density at radius 2 is 2.23 bits per heavy atom. The Bertz CT molecular complexity index is 502. The largest absolute Gasteiger partial charge is 0.392 e. The van der Waals surface area contributed by atoms with E-state index in [1.807, 2.05) is 24.3 Å². The van der Waals surface area contributed by atoms with Gasteiger partial charge in [0.1, 0.15) is 0 Å². The van der Waals surface area contributed by atoms with Crippen LogP contribution in [0.1, 0.15) is 43.1 Å². The number of rotatable bonds is 5. The van der Waals surface area contributed by atoms with Crippen molar-refractivity contribution in [1.82, 2.24) is 10.2 Å². The molecule has 0 saturated carbocycles. The third-order valence-corrected chi connectivity index (χ3v) is 4.27. The number of aliphatic hydroxyl groups excluding tert-OH is 1. The summed E-state index contributed by atoms with van der Waals surface area (Å²) in [6.45, 7) is 9.46. The highest BCUT2D eigenvalue weighted by atomic mass is 16.3. The Balaban J connectivity index is 1.95. The third kappa shape index (κ3) is 4.82. The van der Waals surface area contributed by atoms with Gasteiger partial charge in [0.05, 0.1) is 6.10 Å². The number of carbonyl (C=O) groups is 1. The highest BCUT2D eigenvalue weighted by Crippen LogP contribution is 2.19. The van der Waals surface area contributed by atoms with Crippen molar-refractivity contribution >= 4 is 5.91 Å². The number of aliphatic hydroxyl groups is 1. The fourth-order valence-electron chi connectivity index (χ4n) is 2.73. The van der Waals surface area contributed by atoms with E-state index in [2.05, 4.69) is 31.0 Å². The van der Waals surface area contributed by atoms with Crippen molar-refractivity contribution in [3.63, 3.8) is 0 Å². The lowest BCUT2D eigenvalue weighted by Gasteiger charge is -2.34. The summed E-state index contributed by atoms with van der Waals surface area (Å²) >= 11 is 0. The van der Waals surface area contributed by atoms with E-state index in [9.17, 15) is 9.90 Å². The molecular weight excluding hydrogens is 276 g/mol. The number of likely N-dealkylation sites (tertiary alicyclic amines) is 1. The van der Waals surface area contributed by atoms with Crippen LogP contribution in [-0.4, -0.2) is 41.7 Å². The summed E-state index contributed by atoms with van der Waals surface area (Å²) < 4.78 is 0. The maximum atomic E-state index is 12.1. The minimum absolute atomic E-state index is 0.0112. The lowest BCUT2D eigenvalue weighted by atomic mass is 9.95. The summed E-state index contributed by atoms with van der Waals surface area (Å²) in [5, 5.41) is 12.9. The second kappa shape index (κ2) is 7.75. The van der Waals surface area contributed by atoms with E-state index < -0.39 is 0 Å². The van der Waals surface area contributed by atoms with Gasteiger partial charge < -0.3 is 10.4 Å². The van der Waals surface area contributed by atoms with Crippen LogP contribution in [0.2, 0.25) is 0 Å². The molecule has 1 saturated heterocycles. The number of piperidine rings is 1. The van der Waals surface area contributed by atoms with Gasteiger partial charge in [-0.2, -0.15) is 0 Å². The molecule has 0 radical (unpaired) electrons. The van der Waals surface area contributed by atoms with Gasteiger partial charge in [-0.3, -0.25) is 9.69 Å². The van der Waals surface area contributed by atoms with E-state index >= 15 is 0 Å². The van der Waals surface area contributed by atoms with E-state index in [1.165, 1.54) is 0 Å². The van der Waals surface area contributed by atoms with Gasteiger partial charge in [-0.1, -0.05) is 32.9 Å². The zero-order valence-corrected chi connectivity index (χ0v) is 13.9. The van der Waals surface area contributed by atoms with Crippen LogP contribution in [0, 0.1) is 11.8 Å². The molecule has 0 bridgehead atoms. The predicted octanol–water partition coefficient (Wildman–Crippen LogP) is 2.28. The van der Waals surface area contributed by atoms with E-state index in [1.54, 1.807) is 0 Å². The summed E-state index contributed by atoms with van der Waals surface area (Å²) in [5.41, 5.74) is 1.84. The van der Waals surface area contributed by atoms with Crippen LogP contribution in [-0.2, 0) is 6.54 Å². The van der Waals surface area contributed by atoms with Gasteiger partial charge in [0.25, 0.3) is 5.91 Å². The summed E-state index contributed by atoms with van der Waals surface area (Å²) in [7, 11) is 0. The number of benzene rings is 1. The Kier molecular flexibility index (Phi) is 5.98. The number of amides is 1. The molecule has 2 atom stereocenters. The zero-order valence-electron chi connectivity index (χ0n) is 13.9. The average molecular weight is 304 g/mol. The first kappa shape index (κ1) is 17.0. The first-order valence-corrected chi connectivity index (χ1v) is 8.23. The number of hydrogen-bond acceptors (Lipinski definition) is 3. The summed E-state index contributed by atoms with van der Waals surface area (Å²) in [6.07, 6.45) is 0.779. The topological polar surface area (TPSA) is 52.6 Å². The van der Waals surface area contributed by atoms with E-state index in [0.29, 0.717) is 30.5 Å². The molecule has 0 spiro atoms. The number of β-amino-alcohol motifs (C(OH)–C–C–N with tert-alkyl or cyclic N) is 1. The Morgan fingerprint density at radius 1 is 1.45 bits per heavy atom. The average Bonchev–Trinajstić information content (AvgIpc) is 2.49. The Labute approximate surface area is 133 Å². The highest BCUT2D eigenvalue weighted by Gasteiger charge is 2.24. The molecule has 1 amide bonds. The van der Waals surface area contributed by atoms with Gasteiger partial charge >= 0.3 is 0 Å². The van der Waals surface area contributed by atoms with E-state index in [-0.39, 0.29) is 12.0 Å². The van der Waals surface area contributed by atoms with Crippen LogP contribution >= 0.6 is 0 Å². The molecule has 1 aliphatic rings. The lowest BCUT2D eigenvalue weighted by molar-refractivity contribution is 0.0259. The fourth-order valence-corrected chi connectivity index (χ4v) is 2.73. The Hall–Kier alpha value is -1.39. The molecule has 0 aromatic heterocycles. The van der Waals surface area contributed by atoms with Crippen molar-refractivity contribution < 1.29 is 9.90 Å². The maximum absolute atomic E-state index is 12.1. The van der Waals surface area contributed by atoms with Crippen LogP contribution < -0.4 is 5.32 Å². The van der Waals surface area contributed by atoms with Crippen molar-refractivity contribution in [2.75, 3.05) is 19.6 Å². The molecule has 2 N–H and O–H groups in total. The van der Waals surface area contributed by atoms with Gasteiger partial charge in [0.2, 0.25) is 0 Å². The molecule has 4 heteroatoms. The molecule has 1 heterocycles.